The lowest BCUT2D eigenvalue weighted by molar-refractivity contribution is 0.163. The summed E-state index contributed by atoms with van der Waals surface area (Å²) in [4.78, 5) is 0. The molecule has 0 aliphatic heterocycles. The minimum absolute atomic E-state index is 0.332. The van der Waals surface area contributed by atoms with Crippen molar-refractivity contribution in [1.82, 2.24) is 4.57 Å². The molecule has 2 aromatic rings. The van der Waals surface area contributed by atoms with Crippen LogP contribution in [0.5, 0.6) is 0 Å². The van der Waals surface area contributed by atoms with Crippen LogP contribution >= 0.6 is 0 Å². The molecule has 0 aliphatic carbocycles. The zero-order chi connectivity index (χ0) is 12.8. The molecule has 0 saturated heterocycles. The maximum atomic E-state index is 10.1. The second-order valence-electron chi connectivity index (χ2n) is 4.70. The Morgan fingerprint density at radius 2 is 1.89 bits per heavy atom. The first-order valence-corrected chi connectivity index (χ1v) is 6.72. The second kappa shape index (κ2) is 6.41. The van der Waals surface area contributed by atoms with Crippen LogP contribution in [0, 0.1) is 0 Å². The monoisotopic (exact) mass is 243 g/mol. The van der Waals surface area contributed by atoms with Crippen LogP contribution in [-0.4, -0.2) is 9.67 Å². The van der Waals surface area contributed by atoms with Crippen LogP contribution in [-0.2, 0) is 0 Å². The third kappa shape index (κ3) is 3.23. The Balaban J connectivity index is 2.02. The smallest absolute Gasteiger partial charge is 0.0804 e. The van der Waals surface area contributed by atoms with Gasteiger partial charge in [-0.2, -0.15) is 0 Å². The molecule has 2 heteroatoms. The summed E-state index contributed by atoms with van der Waals surface area (Å²) in [6.45, 7) is 2.18. The normalized spacial score (nSPS) is 12.6. The molecule has 0 saturated carbocycles. The Morgan fingerprint density at radius 3 is 2.61 bits per heavy atom. The summed E-state index contributed by atoms with van der Waals surface area (Å²) in [7, 11) is 0. The fourth-order valence-electron chi connectivity index (χ4n) is 2.13. The van der Waals surface area contributed by atoms with Gasteiger partial charge in [-0.05, 0) is 30.2 Å². The van der Waals surface area contributed by atoms with E-state index in [1.807, 2.05) is 36.7 Å². The Kier molecular flexibility index (Phi) is 4.59. The lowest BCUT2D eigenvalue weighted by atomic mass is 10.1. The molecule has 1 aromatic carbocycles. The Morgan fingerprint density at radius 1 is 1.11 bits per heavy atom. The van der Waals surface area contributed by atoms with Gasteiger partial charge >= 0.3 is 0 Å². The first-order chi connectivity index (χ1) is 8.81. The second-order valence-corrected chi connectivity index (χ2v) is 4.70. The first kappa shape index (κ1) is 12.9. The van der Waals surface area contributed by atoms with Crippen molar-refractivity contribution >= 4 is 0 Å². The van der Waals surface area contributed by atoms with Crippen molar-refractivity contribution in [3.8, 4) is 5.69 Å². The highest BCUT2D eigenvalue weighted by atomic mass is 16.3. The molecule has 0 amide bonds. The number of para-hydroxylation sites is 1. The predicted octanol–water partition coefficient (Wildman–Crippen LogP) is 4.09. The Labute approximate surface area is 109 Å². The summed E-state index contributed by atoms with van der Waals surface area (Å²) in [6, 6.07) is 12.2. The third-order valence-electron chi connectivity index (χ3n) is 3.24. The van der Waals surface area contributed by atoms with Gasteiger partial charge in [0.25, 0.3) is 0 Å². The van der Waals surface area contributed by atoms with Crippen molar-refractivity contribution < 1.29 is 5.11 Å². The van der Waals surface area contributed by atoms with Gasteiger partial charge in [0.15, 0.2) is 0 Å². The van der Waals surface area contributed by atoms with Crippen LogP contribution in [0.4, 0.5) is 0 Å². The highest BCUT2D eigenvalue weighted by molar-refractivity contribution is 5.33. The van der Waals surface area contributed by atoms with Crippen molar-refractivity contribution in [2.45, 2.75) is 38.7 Å². The summed E-state index contributed by atoms with van der Waals surface area (Å²) in [5.41, 5.74) is 2.14. The average Bonchev–Trinajstić information content (AvgIpc) is 2.89. The van der Waals surface area contributed by atoms with E-state index in [0.717, 1.165) is 24.1 Å². The topological polar surface area (TPSA) is 25.2 Å². The lowest BCUT2D eigenvalue weighted by Gasteiger charge is -2.08. The number of hydrogen-bond acceptors (Lipinski definition) is 1. The van der Waals surface area contributed by atoms with Crippen LogP contribution < -0.4 is 0 Å². The van der Waals surface area contributed by atoms with Gasteiger partial charge in [0.2, 0.25) is 0 Å². The molecule has 1 atom stereocenters. The summed E-state index contributed by atoms with van der Waals surface area (Å²) in [6.07, 6.45) is 8.02. The lowest BCUT2D eigenvalue weighted by Crippen LogP contribution is -1.96. The molecular weight excluding hydrogens is 222 g/mol. The van der Waals surface area contributed by atoms with Crippen molar-refractivity contribution in [3.63, 3.8) is 0 Å². The van der Waals surface area contributed by atoms with Crippen molar-refractivity contribution in [2.75, 3.05) is 0 Å². The Bertz CT molecular complexity index is 461. The fourth-order valence-corrected chi connectivity index (χ4v) is 2.13. The molecule has 0 spiro atoms. The van der Waals surface area contributed by atoms with E-state index >= 15 is 0 Å². The summed E-state index contributed by atoms with van der Waals surface area (Å²) in [5.74, 6) is 0. The number of benzene rings is 1. The van der Waals surface area contributed by atoms with Gasteiger partial charge in [0.1, 0.15) is 0 Å². The zero-order valence-electron chi connectivity index (χ0n) is 10.9. The summed E-state index contributed by atoms with van der Waals surface area (Å²) >= 11 is 0. The van der Waals surface area contributed by atoms with E-state index in [9.17, 15) is 5.11 Å². The van der Waals surface area contributed by atoms with Gasteiger partial charge in [-0.25, -0.2) is 0 Å². The molecule has 1 aromatic heterocycles. The van der Waals surface area contributed by atoms with Gasteiger partial charge in [0, 0.05) is 18.1 Å². The molecule has 18 heavy (non-hydrogen) atoms. The van der Waals surface area contributed by atoms with Gasteiger partial charge in [-0.3, -0.25) is 0 Å². The number of aliphatic hydroxyl groups excluding tert-OH is 1. The van der Waals surface area contributed by atoms with E-state index in [0.29, 0.717) is 0 Å². The maximum Gasteiger partial charge on any atom is 0.0804 e. The van der Waals surface area contributed by atoms with E-state index in [4.69, 9.17) is 0 Å². The largest absolute Gasteiger partial charge is 0.388 e. The Hall–Kier alpha value is -1.54. The standard InChI is InChI=1S/C16H21NO/c1-2-3-5-10-16(18)14-11-12-17(13-14)15-8-6-4-7-9-15/h4,6-9,11-13,16,18H,2-3,5,10H2,1H3. The zero-order valence-corrected chi connectivity index (χ0v) is 10.9. The van der Waals surface area contributed by atoms with Crippen LogP contribution in [0.1, 0.15) is 44.3 Å². The molecular formula is C16H21NO. The molecule has 0 radical (unpaired) electrons. The third-order valence-corrected chi connectivity index (χ3v) is 3.24. The average molecular weight is 243 g/mol. The molecule has 0 fully saturated rings. The highest BCUT2D eigenvalue weighted by Crippen LogP contribution is 2.21. The van der Waals surface area contributed by atoms with Crippen molar-refractivity contribution in [2.24, 2.45) is 0 Å². The molecule has 96 valence electrons. The molecule has 0 aliphatic rings. The van der Waals surface area contributed by atoms with E-state index in [-0.39, 0.29) is 6.10 Å². The molecule has 0 bridgehead atoms. The minimum Gasteiger partial charge on any atom is -0.388 e. The highest BCUT2D eigenvalue weighted by Gasteiger charge is 2.08. The first-order valence-electron chi connectivity index (χ1n) is 6.72. The number of nitrogens with zero attached hydrogens (tertiary/aromatic N) is 1. The van der Waals surface area contributed by atoms with Gasteiger partial charge in [-0.15, -0.1) is 0 Å². The molecule has 1 heterocycles. The molecule has 1 unspecified atom stereocenters. The fraction of sp³-hybridized carbons (Fsp3) is 0.375. The number of hydrogen-bond donors (Lipinski definition) is 1. The predicted molar refractivity (Wildman–Crippen MR) is 74.9 cm³/mol. The quantitative estimate of drug-likeness (QED) is 0.759. The number of aromatic nitrogens is 1. The summed E-state index contributed by atoms with van der Waals surface area (Å²) < 4.78 is 2.05. The maximum absolute atomic E-state index is 10.1. The van der Waals surface area contributed by atoms with Gasteiger partial charge < -0.3 is 9.67 Å². The van der Waals surface area contributed by atoms with Gasteiger partial charge in [-0.1, -0.05) is 44.4 Å². The molecule has 2 nitrogen and oxygen atoms in total. The van der Waals surface area contributed by atoms with Gasteiger partial charge in [0.05, 0.1) is 6.10 Å². The van der Waals surface area contributed by atoms with E-state index in [1.54, 1.807) is 0 Å². The number of aliphatic hydroxyl groups is 1. The van der Waals surface area contributed by atoms with E-state index in [1.165, 1.54) is 12.8 Å². The molecule has 1 N–H and O–H groups in total. The SMILES string of the molecule is CCCCCC(O)c1ccn(-c2ccccc2)c1. The van der Waals surface area contributed by atoms with E-state index < -0.39 is 0 Å². The molecule has 2 rings (SSSR count). The van der Waals surface area contributed by atoms with Crippen LogP contribution in [0.25, 0.3) is 5.69 Å². The van der Waals surface area contributed by atoms with Crippen LogP contribution in [0.3, 0.4) is 0 Å². The van der Waals surface area contributed by atoms with Crippen molar-refractivity contribution in [3.05, 3.63) is 54.4 Å². The minimum atomic E-state index is -0.332. The van der Waals surface area contributed by atoms with Crippen molar-refractivity contribution in [1.29, 1.82) is 0 Å². The number of rotatable bonds is 6. The number of unbranched alkanes of at least 4 members (excludes halogenated alkanes) is 2. The van der Waals surface area contributed by atoms with E-state index in [2.05, 4.69) is 23.6 Å². The van der Waals surface area contributed by atoms with Crippen LogP contribution in [0.2, 0.25) is 0 Å². The van der Waals surface area contributed by atoms with Crippen LogP contribution in [0.15, 0.2) is 48.8 Å². The summed E-state index contributed by atoms with van der Waals surface area (Å²) in [5, 5.41) is 10.1.